The van der Waals surface area contributed by atoms with Crippen LogP contribution in [0, 0.1) is 0 Å². The van der Waals surface area contributed by atoms with Crippen LogP contribution >= 0.6 is 23.8 Å². The lowest BCUT2D eigenvalue weighted by atomic mass is 10.4. The number of hydrogen-bond donors (Lipinski definition) is 1. The van der Waals surface area contributed by atoms with E-state index in [1.54, 1.807) is 12.1 Å². The van der Waals surface area contributed by atoms with Gasteiger partial charge in [0.25, 0.3) is 15.2 Å². The fourth-order valence-electron chi connectivity index (χ4n) is 0.869. The zero-order valence-corrected chi connectivity index (χ0v) is 10.1. The Kier molecular flexibility index (Phi) is 3.90. The number of sulfonamides is 1. The molecule has 0 aliphatic carbocycles. The van der Waals surface area contributed by atoms with Crippen molar-refractivity contribution in [3.05, 3.63) is 29.3 Å². The molecule has 0 fully saturated rings. The highest BCUT2D eigenvalue weighted by Gasteiger charge is 2.18. The van der Waals surface area contributed by atoms with Gasteiger partial charge >= 0.3 is 0 Å². The third-order valence-electron chi connectivity index (χ3n) is 1.53. The number of thiocarbonyl (C=S) groups is 1. The molecule has 0 saturated carbocycles. The molecule has 0 atom stereocenters. The molecule has 0 amide bonds. The molecule has 0 bridgehead atoms. The molecule has 1 rings (SSSR count). The maximum absolute atomic E-state index is 11.7. The van der Waals surface area contributed by atoms with E-state index in [-0.39, 0.29) is 15.1 Å². The van der Waals surface area contributed by atoms with Gasteiger partial charge in [-0.3, -0.25) is 0 Å². The van der Waals surface area contributed by atoms with E-state index in [9.17, 15) is 8.42 Å². The molecular weight excluding hydrogens is 258 g/mol. The number of rotatable bonds is 2. The predicted molar refractivity (Wildman–Crippen MR) is 61.4 cm³/mol. The van der Waals surface area contributed by atoms with Crippen LogP contribution in [0.2, 0.25) is 5.02 Å². The van der Waals surface area contributed by atoms with Gasteiger partial charge < -0.3 is 4.74 Å². The van der Waals surface area contributed by atoms with E-state index >= 15 is 0 Å². The van der Waals surface area contributed by atoms with E-state index < -0.39 is 10.0 Å². The molecule has 7 heteroatoms. The van der Waals surface area contributed by atoms with Gasteiger partial charge in [-0.05, 0) is 24.4 Å². The molecular formula is C8H8ClNO3S2. The topological polar surface area (TPSA) is 55.4 Å². The van der Waals surface area contributed by atoms with Crippen LogP contribution in [-0.4, -0.2) is 20.7 Å². The van der Waals surface area contributed by atoms with Crippen molar-refractivity contribution in [1.29, 1.82) is 0 Å². The lowest BCUT2D eigenvalue weighted by Crippen LogP contribution is -2.30. The molecule has 0 aliphatic heterocycles. The molecule has 0 spiro atoms. The number of halogens is 1. The summed E-state index contributed by atoms with van der Waals surface area (Å²) in [5, 5.41) is -0.0983. The van der Waals surface area contributed by atoms with Crippen molar-refractivity contribution in [2.24, 2.45) is 0 Å². The molecule has 0 heterocycles. The second-order valence-electron chi connectivity index (χ2n) is 2.53. The molecule has 1 aromatic carbocycles. The molecule has 0 radical (unpaired) electrons. The molecule has 1 aromatic rings. The fraction of sp³-hybridized carbons (Fsp3) is 0.125. The summed E-state index contributed by atoms with van der Waals surface area (Å²) in [5.74, 6) is 0. The van der Waals surface area contributed by atoms with Gasteiger partial charge in [-0.2, -0.15) is 0 Å². The van der Waals surface area contributed by atoms with Crippen molar-refractivity contribution in [3.63, 3.8) is 0 Å². The van der Waals surface area contributed by atoms with Crippen molar-refractivity contribution < 1.29 is 13.2 Å². The van der Waals surface area contributed by atoms with E-state index in [1.165, 1.54) is 19.2 Å². The highest BCUT2D eigenvalue weighted by atomic mass is 35.5. The molecule has 0 aliphatic rings. The summed E-state index contributed by atoms with van der Waals surface area (Å²) >= 11 is 10.3. The van der Waals surface area contributed by atoms with E-state index in [0.29, 0.717) is 0 Å². The Morgan fingerprint density at radius 1 is 1.47 bits per heavy atom. The van der Waals surface area contributed by atoms with Crippen LogP contribution in [-0.2, 0) is 14.8 Å². The van der Waals surface area contributed by atoms with E-state index in [2.05, 4.69) is 21.7 Å². The Balaban J connectivity index is 3.07. The van der Waals surface area contributed by atoms with Crippen molar-refractivity contribution in [3.8, 4) is 0 Å². The molecule has 4 nitrogen and oxygen atoms in total. The predicted octanol–water partition coefficient (Wildman–Crippen LogP) is 1.55. The summed E-state index contributed by atoms with van der Waals surface area (Å²) in [6, 6.07) is 6.06. The van der Waals surface area contributed by atoms with Crippen molar-refractivity contribution in [2.75, 3.05) is 7.11 Å². The average molecular weight is 266 g/mol. The number of ether oxygens (including phenoxy) is 1. The number of nitrogens with one attached hydrogen (secondary N) is 1. The summed E-state index contributed by atoms with van der Waals surface area (Å²) < 4.78 is 29.9. The van der Waals surface area contributed by atoms with Crippen LogP contribution < -0.4 is 4.72 Å². The summed E-state index contributed by atoms with van der Waals surface area (Å²) in [5.41, 5.74) is 0. The summed E-state index contributed by atoms with van der Waals surface area (Å²) in [6.07, 6.45) is 0. The zero-order chi connectivity index (χ0) is 11.5. The normalized spacial score (nSPS) is 10.8. The Hall–Kier alpha value is -0.850. The van der Waals surface area contributed by atoms with Crippen molar-refractivity contribution >= 4 is 39.0 Å². The maximum Gasteiger partial charge on any atom is 0.270 e. The summed E-state index contributed by atoms with van der Waals surface area (Å²) in [4.78, 5) is -0.0360. The van der Waals surface area contributed by atoms with Gasteiger partial charge in [0.1, 0.15) is 4.90 Å². The lowest BCUT2D eigenvalue weighted by Gasteiger charge is -2.08. The van der Waals surface area contributed by atoms with Gasteiger partial charge in [-0.15, -0.1) is 0 Å². The first-order chi connectivity index (χ1) is 6.97. The lowest BCUT2D eigenvalue weighted by molar-refractivity contribution is 0.402. The minimum Gasteiger partial charge on any atom is -0.474 e. The molecule has 0 unspecified atom stereocenters. The van der Waals surface area contributed by atoms with Crippen LogP contribution in [0.15, 0.2) is 29.2 Å². The quantitative estimate of drug-likeness (QED) is 0.825. The third kappa shape index (κ3) is 3.05. The first-order valence-electron chi connectivity index (χ1n) is 3.82. The minimum atomic E-state index is -3.75. The SMILES string of the molecule is COC(=S)NS(=O)(=O)c1ccccc1Cl. The molecule has 0 aromatic heterocycles. The summed E-state index contributed by atoms with van der Waals surface area (Å²) in [6.45, 7) is 0. The second kappa shape index (κ2) is 4.78. The maximum atomic E-state index is 11.7. The number of methoxy groups -OCH3 is 1. The first-order valence-corrected chi connectivity index (χ1v) is 6.09. The second-order valence-corrected chi connectivity index (χ2v) is 4.96. The smallest absolute Gasteiger partial charge is 0.270 e. The Morgan fingerprint density at radius 2 is 2.07 bits per heavy atom. The van der Waals surface area contributed by atoms with Gasteiger partial charge in [0.05, 0.1) is 12.1 Å². The van der Waals surface area contributed by atoms with E-state index in [4.69, 9.17) is 11.6 Å². The molecule has 15 heavy (non-hydrogen) atoms. The first kappa shape index (κ1) is 12.2. The van der Waals surface area contributed by atoms with Gasteiger partial charge in [0.2, 0.25) is 0 Å². The van der Waals surface area contributed by atoms with Crippen LogP contribution in [0.4, 0.5) is 0 Å². The molecule has 0 saturated heterocycles. The van der Waals surface area contributed by atoms with Gasteiger partial charge in [0.15, 0.2) is 0 Å². The van der Waals surface area contributed by atoms with Crippen LogP contribution in [0.25, 0.3) is 0 Å². The Morgan fingerprint density at radius 3 is 2.60 bits per heavy atom. The van der Waals surface area contributed by atoms with Gasteiger partial charge in [-0.1, -0.05) is 23.7 Å². The van der Waals surface area contributed by atoms with Crippen molar-refractivity contribution in [2.45, 2.75) is 4.90 Å². The largest absolute Gasteiger partial charge is 0.474 e. The number of benzene rings is 1. The Bertz CT molecular complexity index is 473. The van der Waals surface area contributed by atoms with Crippen LogP contribution in [0.1, 0.15) is 0 Å². The van der Waals surface area contributed by atoms with Gasteiger partial charge in [-0.25, -0.2) is 13.1 Å². The summed E-state index contributed by atoms with van der Waals surface area (Å²) in [7, 11) is -2.48. The monoisotopic (exact) mass is 265 g/mol. The van der Waals surface area contributed by atoms with Crippen LogP contribution in [0.3, 0.4) is 0 Å². The number of hydrogen-bond acceptors (Lipinski definition) is 4. The molecule has 82 valence electrons. The highest BCUT2D eigenvalue weighted by Crippen LogP contribution is 2.19. The minimum absolute atomic E-state index is 0.0360. The van der Waals surface area contributed by atoms with Crippen molar-refractivity contribution in [1.82, 2.24) is 4.72 Å². The standard InChI is InChI=1S/C8H8ClNO3S2/c1-13-8(14)10-15(11,12)7-5-3-2-4-6(7)9/h2-5H,1H3,(H,10,14). The zero-order valence-electron chi connectivity index (χ0n) is 7.73. The van der Waals surface area contributed by atoms with E-state index in [1.807, 2.05) is 0 Å². The molecule has 1 N–H and O–H groups in total. The average Bonchev–Trinajstić information content (AvgIpc) is 2.17. The highest BCUT2D eigenvalue weighted by molar-refractivity contribution is 7.91. The van der Waals surface area contributed by atoms with Gasteiger partial charge in [0, 0.05) is 0 Å². The third-order valence-corrected chi connectivity index (χ3v) is 3.76. The van der Waals surface area contributed by atoms with Crippen LogP contribution in [0.5, 0.6) is 0 Å². The Labute approximate surface area is 98.2 Å². The van der Waals surface area contributed by atoms with E-state index in [0.717, 1.165) is 0 Å². The fourth-order valence-corrected chi connectivity index (χ4v) is 2.63.